The van der Waals surface area contributed by atoms with Gasteiger partial charge in [-0.2, -0.15) is 5.10 Å². The molecule has 0 radical (unpaired) electrons. The largest absolute Gasteiger partial charge is 0.364 e. The van der Waals surface area contributed by atoms with Gasteiger partial charge in [0.25, 0.3) is 5.91 Å². The molecule has 1 aliphatic heterocycles. The Labute approximate surface area is 155 Å². The number of nitrogens with two attached hydrogens (primary N) is 1. The zero-order valence-corrected chi connectivity index (χ0v) is 15.7. The number of hydrogen-bond donors (Lipinski definition) is 2. The van der Waals surface area contributed by atoms with Gasteiger partial charge in [0, 0.05) is 10.0 Å². The van der Waals surface area contributed by atoms with Gasteiger partial charge in [-0.05, 0) is 44.0 Å². The lowest BCUT2D eigenvalue weighted by Crippen LogP contribution is -2.38. The maximum Gasteiger partial charge on any atom is 0.271 e. The molecule has 1 aliphatic rings. The maximum absolute atomic E-state index is 12.1. The molecule has 5 nitrogen and oxygen atoms in total. The van der Waals surface area contributed by atoms with Crippen LogP contribution in [0.15, 0.2) is 63.1 Å². The number of nitrogens with zero attached hydrogens (tertiary/aromatic N) is 2. The van der Waals surface area contributed by atoms with Crippen LogP contribution in [0.1, 0.15) is 25.0 Å². The van der Waals surface area contributed by atoms with Gasteiger partial charge in [-0.25, -0.2) is 0 Å². The van der Waals surface area contributed by atoms with Crippen LogP contribution < -0.4 is 11.2 Å². The average Bonchev–Trinajstić information content (AvgIpc) is 2.53. The molecule has 2 aromatic rings. The van der Waals surface area contributed by atoms with Crippen LogP contribution >= 0.6 is 15.9 Å². The van der Waals surface area contributed by atoms with E-state index < -0.39 is 5.91 Å². The molecular formula is C19H19BrN4O. The number of halogens is 1. The van der Waals surface area contributed by atoms with E-state index in [1.165, 1.54) is 0 Å². The van der Waals surface area contributed by atoms with E-state index in [1.54, 1.807) is 0 Å². The zero-order valence-electron chi connectivity index (χ0n) is 14.1. The summed E-state index contributed by atoms with van der Waals surface area (Å²) in [7, 11) is 0. The van der Waals surface area contributed by atoms with E-state index in [-0.39, 0.29) is 11.3 Å². The Bertz CT molecular complexity index is 886. The number of anilines is 1. The first-order valence-electron chi connectivity index (χ1n) is 7.93. The fourth-order valence-electron chi connectivity index (χ4n) is 2.86. The molecule has 0 bridgehead atoms. The minimum atomic E-state index is -0.617. The first kappa shape index (κ1) is 17.4. The molecule has 0 spiro atoms. The van der Waals surface area contributed by atoms with Crippen molar-refractivity contribution in [1.82, 2.24) is 0 Å². The molecule has 1 heterocycles. The minimum Gasteiger partial charge on any atom is -0.364 e. The second-order valence-electron chi connectivity index (χ2n) is 6.55. The quantitative estimate of drug-likeness (QED) is 0.610. The number of primary amides is 1. The SMILES string of the molecule is CC1(C)Cc2ccccc2C(C(=NNc2cccc(Br)c2)C(N)=O)=N1. The van der Waals surface area contributed by atoms with E-state index in [1.807, 2.05) is 62.4 Å². The van der Waals surface area contributed by atoms with Crippen molar-refractivity contribution in [3.8, 4) is 0 Å². The lowest BCUT2D eigenvalue weighted by atomic mass is 9.85. The Kier molecular flexibility index (Phi) is 4.72. The monoisotopic (exact) mass is 398 g/mol. The minimum absolute atomic E-state index is 0.125. The second kappa shape index (κ2) is 6.80. The van der Waals surface area contributed by atoms with Gasteiger partial charge in [0.05, 0.1) is 16.9 Å². The van der Waals surface area contributed by atoms with Gasteiger partial charge >= 0.3 is 0 Å². The zero-order chi connectivity index (χ0) is 18.0. The molecule has 0 unspecified atom stereocenters. The van der Waals surface area contributed by atoms with Gasteiger partial charge in [0.1, 0.15) is 0 Å². The standard InChI is InChI=1S/C19H19BrN4O/c1-19(2)11-12-6-3-4-9-15(12)16(22-19)17(18(21)25)24-23-14-8-5-7-13(20)10-14/h3-10,23H,11H2,1-2H3,(H2,21,25). The van der Waals surface area contributed by atoms with Crippen molar-refractivity contribution in [2.24, 2.45) is 15.8 Å². The van der Waals surface area contributed by atoms with Crippen LogP contribution in [-0.2, 0) is 11.2 Å². The van der Waals surface area contributed by atoms with Gasteiger partial charge < -0.3 is 5.73 Å². The summed E-state index contributed by atoms with van der Waals surface area (Å²) in [5, 5.41) is 4.26. The fraction of sp³-hybridized carbons (Fsp3) is 0.211. The molecule has 0 aromatic heterocycles. The molecule has 25 heavy (non-hydrogen) atoms. The fourth-order valence-corrected chi connectivity index (χ4v) is 3.26. The number of nitrogens with one attached hydrogen (secondary N) is 1. The number of benzene rings is 2. The summed E-state index contributed by atoms with van der Waals surface area (Å²) in [6, 6.07) is 15.4. The highest BCUT2D eigenvalue weighted by atomic mass is 79.9. The van der Waals surface area contributed by atoms with Crippen LogP contribution in [0.25, 0.3) is 0 Å². The summed E-state index contributed by atoms with van der Waals surface area (Å²) in [6.07, 6.45) is 0.803. The lowest BCUT2D eigenvalue weighted by molar-refractivity contribution is -0.111. The van der Waals surface area contributed by atoms with Crippen LogP contribution in [0.2, 0.25) is 0 Å². The number of aliphatic imine (C=N–C) groups is 1. The predicted octanol–water partition coefficient (Wildman–Crippen LogP) is 3.53. The molecule has 0 atom stereocenters. The number of rotatable bonds is 4. The Morgan fingerprint density at radius 2 is 2.00 bits per heavy atom. The summed E-state index contributed by atoms with van der Waals surface area (Å²) >= 11 is 3.41. The van der Waals surface area contributed by atoms with Gasteiger partial charge in [0.2, 0.25) is 0 Å². The number of hydrogen-bond acceptors (Lipinski definition) is 4. The molecule has 0 aliphatic carbocycles. The van der Waals surface area contributed by atoms with Crippen molar-refractivity contribution in [2.45, 2.75) is 25.8 Å². The topological polar surface area (TPSA) is 79.8 Å². The molecule has 0 saturated carbocycles. The van der Waals surface area contributed by atoms with Crippen molar-refractivity contribution in [1.29, 1.82) is 0 Å². The van der Waals surface area contributed by atoms with Gasteiger partial charge in [-0.3, -0.25) is 15.2 Å². The lowest BCUT2D eigenvalue weighted by Gasteiger charge is -2.28. The number of hydrazone groups is 1. The van der Waals surface area contributed by atoms with Crippen LogP contribution in [-0.4, -0.2) is 22.9 Å². The Morgan fingerprint density at radius 1 is 1.24 bits per heavy atom. The maximum atomic E-state index is 12.1. The highest BCUT2D eigenvalue weighted by molar-refractivity contribution is 9.10. The number of fused-ring (bicyclic) bond motifs is 1. The van der Waals surface area contributed by atoms with Crippen LogP contribution in [0, 0.1) is 0 Å². The highest BCUT2D eigenvalue weighted by Crippen LogP contribution is 2.27. The molecule has 6 heteroatoms. The van der Waals surface area contributed by atoms with Crippen LogP contribution in [0.5, 0.6) is 0 Å². The number of carbonyl (C=O) groups is 1. The summed E-state index contributed by atoms with van der Waals surface area (Å²) < 4.78 is 0.912. The van der Waals surface area contributed by atoms with E-state index in [4.69, 9.17) is 10.7 Å². The predicted molar refractivity (Wildman–Crippen MR) is 105 cm³/mol. The Morgan fingerprint density at radius 3 is 2.72 bits per heavy atom. The molecule has 3 N–H and O–H groups in total. The third kappa shape index (κ3) is 3.96. The van der Waals surface area contributed by atoms with E-state index >= 15 is 0 Å². The van der Waals surface area contributed by atoms with Crippen molar-refractivity contribution in [3.63, 3.8) is 0 Å². The van der Waals surface area contributed by atoms with Crippen molar-refractivity contribution >= 4 is 38.9 Å². The smallest absolute Gasteiger partial charge is 0.271 e. The van der Waals surface area contributed by atoms with Crippen molar-refractivity contribution < 1.29 is 4.79 Å². The van der Waals surface area contributed by atoms with Crippen molar-refractivity contribution in [3.05, 3.63) is 64.1 Å². The van der Waals surface area contributed by atoms with Crippen LogP contribution in [0.3, 0.4) is 0 Å². The summed E-state index contributed by atoms with van der Waals surface area (Å²) in [6.45, 7) is 4.06. The van der Waals surface area contributed by atoms with E-state index in [9.17, 15) is 4.79 Å². The Hall–Kier alpha value is -2.47. The molecule has 3 rings (SSSR count). The van der Waals surface area contributed by atoms with E-state index in [0.29, 0.717) is 5.71 Å². The van der Waals surface area contributed by atoms with Crippen molar-refractivity contribution in [2.75, 3.05) is 5.43 Å². The first-order valence-corrected chi connectivity index (χ1v) is 8.73. The third-order valence-electron chi connectivity index (χ3n) is 3.89. The van der Waals surface area contributed by atoms with Crippen LogP contribution in [0.4, 0.5) is 5.69 Å². The molecule has 128 valence electrons. The summed E-state index contributed by atoms with van der Waals surface area (Å²) in [4.78, 5) is 16.8. The first-order chi connectivity index (χ1) is 11.9. The summed E-state index contributed by atoms with van der Waals surface area (Å²) in [5.41, 5.74) is 11.6. The van der Waals surface area contributed by atoms with Gasteiger partial charge in [-0.15, -0.1) is 0 Å². The highest BCUT2D eigenvalue weighted by Gasteiger charge is 2.30. The second-order valence-corrected chi connectivity index (χ2v) is 7.47. The molecule has 2 aromatic carbocycles. The third-order valence-corrected chi connectivity index (χ3v) is 4.38. The normalized spacial score (nSPS) is 16.0. The number of amides is 1. The Balaban J connectivity index is 2.03. The summed E-state index contributed by atoms with van der Waals surface area (Å²) in [5.74, 6) is -0.617. The molecule has 1 amide bonds. The molecule has 0 fully saturated rings. The van der Waals surface area contributed by atoms with E-state index in [2.05, 4.69) is 26.5 Å². The van der Waals surface area contributed by atoms with E-state index in [0.717, 1.165) is 27.7 Å². The van der Waals surface area contributed by atoms with Gasteiger partial charge in [-0.1, -0.05) is 46.3 Å². The molecule has 0 saturated heterocycles. The van der Waals surface area contributed by atoms with Gasteiger partial charge in [0.15, 0.2) is 5.71 Å². The number of carbonyl (C=O) groups excluding carboxylic acids is 1. The molecular weight excluding hydrogens is 380 g/mol. The average molecular weight is 399 g/mol.